The van der Waals surface area contributed by atoms with Crippen LogP contribution in [0, 0.1) is 0 Å². The molecule has 0 radical (unpaired) electrons. The van der Waals surface area contributed by atoms with Gasteiger partial charge in [0.1, 0.15) is 31.2 Å². The second-order valence-electron chi connectivity index (χ2n) is 8.13. The molecule has 2 aromatic rings. The maximum absolute atomic E-state index is 13.2. The average molecular weight is 646 g/mol. The summed E-state index contributed by atoms with van der Waals surface area (Å²) >= 11 is 18.2. The Balaban J connectivity index is 2.17. The molecule has 0 heterocycles. The van der Waals surface area contributed by atoms with Gasteiger partial charge in [-0.15, -0.1) is 11.6 Å². The fourth-order valence-corrected chi connectivity index (χ4v) is 6.30. The predicted molar refractivity (Wildman–Crippen MR) is 146 cm³/mol. The van der Waals surface area contributed by atoms with Crippen LogP contribution in [0.3, 0.4) is 0 Å². The molecule has 15 heteroatoms. The molecule has 2 aromatic carbocycles. The quantitative estimate of drug-likeness (QED) is 0.218. The van der Waals surface area contributed by atoms with Gasteiger partial charge in [-0.3, -0.25) is 9.59 Å². The lowest BCUT2D eigenvalue weighted by molar-refractivity contribution is -0.147. The molecular weight excluding hydrogens is 619 g/mol. The number of esters is 2. The maximum Gasteiger partial charge on any atom is 0.303 e. The van der Waals surface area contributed by atoms with E-state index in [1.54, 1.807) is 0 Å². The van der Waals surface area contributed by atoms with Gasteiger partial charge >= 0.3 is 11.9 Å². The number of carbonyl (C=O) groups excluding carboxylic acids is 2. The summed E-state index contributed by atoms with van der Waals surface area (Å²) in [7, 11) is -7.51. The topological polar surface area (TPSA) is 139 Å². The molecule has 0 aromatic heterocycles. The molecule has 216 valence electrons. The highest BCUT2D eigenvalue weighted by molar-refractivity contribution is 7.91. The monoisotopic (exact) mass is 644 g/mol. The van der Waals surface area contributed by atoms with Crippen molar-refractivity contribution in [1.82, 2.24) is 0 Å². The lowest BCUT2D eigenvalue weighted by atomic mass is 10.3. The lowest BCUT2D eigenvalue weighted by Crippen LogP contribution is -2.32. The predicted octanol–water partition coefficient (Wildman–Crippen LogP) is 4.12. The van der Waals surface area contributed by atoms with Gasteiger partial charge in [-0.25, -0.2) is 16.8 Å². The summed E-state index contributed by atoms with van der Waals surface area (Å²) in [6.45, 7) is 3.45. The van der Waals surface area contributed by atoms with Crippen molar-refractivity contribution in [2.24, 2.45) is 0 Å². The number of sulfone groups is 2. The van der Waals surface area contributed by atoms with E-state index in [-0.39, 0.29) is 56.2 Å². The Morgan fingerprint density at radius 2 is 1.33 bits per heavy atom. The number of halogens is 3. The Hall–Kier alpha value is -2.25. The molecule has 0 aliphatic heterocycles. The Bertz CT molecular complexity index is 1350. The first kappa shape index (κ1) is 33.0. The molecule has 0 spiro atoms. The van der Waals surface area contributed by atoms with Gasteiger partial charge < -0.3 is 18.9 Å². The van der Waals surface area contributed by atoms with Crippen LogP contribution in [0.2, 0.25) is 10.0 Å². The van der Waals surface area contributed by atoms with E-state index in [1.165, 1.54) is 50.2 Å². The van der Waals surface area contributed by atoms with Gasteiger partial charge in [0, 0.05) is 19.6 Å². The van der Waals surface area contributed by atoms with E-state index in [1.807, 2.05) is 0 Å². The number of hydrogen-bond acceptors (Lipinski definition) is 10. The van der Waals surface area contributed by atoms with E-state index in [0.717, 1.165) is 6.92 Å². The highest BCUT2D eigenvalue weighted by Crippen LogP contribution is 2.37. The Labute approximate surface area is 242 Å². The number of hydrogen-bond donors (Lipinski definition) is 0. The van der Waals surface area contributed by atoms with Crippen molar-refractivity contribution in [3.05, 3.63) is 46.4 Å². The SMILES string of the molecule is CCS(=O)(=O)C[C@@H](COc1ccc(S(=O)(=O)c2cc(Cl)c(OC[C@H](CCl)OC(C)=O)c(Cl)c2)cc1)OC(C)=O. The summed E-state index contributed by atoms with van der Waals surface area (Å²) < 4.78 is 71.2. The van der Waals surface area contributed by atoms with E-state index in [0.29, 0.717) is 0 Å². The van der Waals surface area contributed by atoms with Crippen LogP contribution < -0.4 is 9.47 Å². The number of benzene rings is 2. The molecular formula is C24H27Cl3O10S2. The normalized spacial score (nSPS) is 13.3. The fourth-order valence-electron chi connectivity index (χ4n) is 3.14. The zero-order valence-electron chi connectivity index (χ0n) is 21.2. The van der Waals surface area contributed by atoms with Crippen LogP contribution in [0.1, 0.15) is 20.8 Å². The summed E-state index contributed by atoms with van der Waals surface area (Å²) in [6.07, 6.45) is -1.80. The fraction of sp³-hybridized carbons (Fsp3) is 0.417. The smallest absolute Gasteiger partial charge is 0.303 e. The van der Waals surface area contributed by atoms with Crippen LogP contribution in [0.15, 0.2) is 46.2 Å². The zero-order chi connectivity index (χ0) is 29.4. The Morgan fingerprint density at radius 1 is 0.821 bits per heavy atom. The first-order chi connectivity index (χ1) is 18.2. The van der Waals surface area contributed by atoms with Gasteiger partial charge in [0.2, 0.25) is 9.84 Å². The van der Waals surface area contributed by atoms with Crippen LogP contribution in [0.25, 0.3) is 0 Å². The largest absolute Gasteiger partial charge is 0.490 e. The molecule has 2 rings (SSSR count). The molecule has 0 amide bonds. The van der Waals surface area contributed by atoms with E-state index in [2.05, 4.69) is 0 Å². The van der Waals surface area contributed by atoms with E-state index in [9.17, 15) is 26.4 Å². The maximum atomic E-state index is 13.2. The van der Waals surface area contributed by atoms with Gasteiger partial charge in [-0.05, 0) is 36.4 Å². The first-order valence-electron chi connectivity index (χ1n) is 11.4. The third kappa shape index (κ3) is 10.0. The van der Waals surface area contributed by atoms with E-state index in [4.69, 9.17) is 53.8 Å². The lowest BCUT2D eigenvalue weighted by Gasteiger charge is -2.18. The Morgan fingerprint density at radius 3 is 1.82 bits per heavy atom. The first-order valence-corrected chi connectivity index (χ1v) is 16.0. The minimum Gasteiger partial charge on any atom is -0.490 e. The third-order valence-corrected chi connectivity index (χ3v) is 9.40. The summed E-state index contributed by atoms with van der Waals surface area (Å²) in [5, 5.41) is -0.175. The van der Waals surface area contributed by atoms with Crippen molar-refractivity contribution in [1.29, 1.82) is 0 Å². The molecule has 0 N–H and O–H groups in total. The highest BCUT2D eigenvalue weighted by atomic mass is 35.5. The zero-order valence-corrected chi connectivity index (χ0v) is 25.1. The Kier molecular flexibility index (Phi) is 12.2. The number of ether oxygens (including phenoxy) is 4. The van der Waals surface area contributed by atoms with Gasteiger partial charge in [0.05, 0.1) is 31.5 Å². The van der Waals surface area contributed by atoms with Crippen molar-refractivity contribution in [2.75, 3.05) is 30.6 Å². The standard InChI is InChI=1S/C24H27Cl3O10S2/c1-4-38(30,31)14-19(37-16(3)29)13-34-17-5-7-20(8-6-17)39(32,33)21-9-22(26)24(23(27)10-21)35-12-18(11-25)36-15(2)28/h5-10,18-19H,4,11-14H2,1-3H3/t18-,19+/m0/s1. The second kappa shape index (κ2) is 14.4. The third-order valence-electron chi connectivity index (χ3n) is 4.98. The minimum absolute atomic E-state index is 0.00396. The molecule has 0 bridgehead atoms. The molecule has 39 heavy (non-hydrogen) atoms. The van der Waals surface area contributed by atoms with Crippen molar-refractivity contribution in [3.8, 4) is 11.5 Å². The van der Waals surface area contributed by atoms with E-state index >= 15 is 0 Å². The number of carbonyl (C=O) groups is 2. The van der Waals surface area contributed by atoms with Crippen molar-refractivity contribution in [2.45, 2.75) is 42.8 Å². The average Bonchev–Trinajstić information content (AvgIpc) is 2.85. The van der Waals surface area contributed by atoms with Crippen LogP contribution >= 0.6 is 34.8 Å². The second-order valence-corrected chi connectivity index (χ2v) is 13.6. The minimum atomic E-state index is -4.06. The molecule has 0 aliphatic rings. The summed E-state index contributed by atoms with van der Waals surface area (Å²) in [6, 6.07) is 7.64. The molecule has 0 fully saturated rings. The van der Waals surface area contributed by atoms with Gasteiger partial charge in [-0.1, -0.05) is 30.1 Å². The summed E-state index contributed by atoms with van der Waals surface area (Å²) in [5.41, 5.74) is 0. The highest BCUT2D eigenvalue weighted by Gasteiger charge is 2.24. The van der Waals surface area contributed by atoms with Gasteiger partial charge in [-0.2, -0.15) is 0 Å². The molecule has 10 nitrogen and oxygen atoms in total. The summed E-state index contributed by atoms with van der Waals surface area (Å²) in [5.74, 6) is -1.56. The molecule has 2 atom stereocenters. The van der Waals surface area contributed by atoms with Crippen LogP contribution in [-0.4, -0.2) is 71.6 Å². The number of alkyl halides is 1. The van der Waals surface area contributed by atoms with Crippen LogP contribution in [0.5, 0.6) is 11.5 Å². The molecule has 0 unspecified atom stereocenters. The summed E-state index contributed by atoms with van der Waals surface area (Å²) in [4.78, 5) is 22.2. The van der Waals surface area contributed by atoms with Crippen LogP contribution in [-0.2, 0) is 38.7 Å². The van der Waals surface area contributed by atoms with Crippen molar-refractivity contribution in [3.63, 3.8) is 0 Å². The van der Waals surface area contributed by atoms with E-state index < -0.39 is 49.6 Å². The van der Waals surface area contributed by atoms with Crippen molar-refractivity contribution >= 4 is 66.4 Å². The number of rotatable bonds is 14. The van der Waals surface area contributed by atoms with Crippen LogP contribution in [0.4, 0.5) is 0 Å². The molecule has 0 saturated carbocycles. The van der Waals surface area contributed by atoms with Crippen molar-refractivity contribution < 1.29 is 45.4 Å². The molecule has 0 aliphatic carbocycles. The van der Waals surface area contributed by atoms with Gasteiger partial charge in [0.25, 0.3) is 0 Å². The van der Waals surface area contributed by atoms with Gasteiger partial charge in [0.15, 0.2) is 15.6 Å². The molecule has 0 saturated heterocycles.